The minimum absolute atomic E-state index is 0.0718. The molecule has 1 aromatic rings. The number of halogens is 2. The Hall–Kier alpha value is -1.25. The topological polar surface area (TPSA) is 17.1 Å². The molecule has 0 spiro atoms. The van der Waals surface area contributed by atoms with E-state index in [0.29, 0.717) is 5.56 Å². The lowest BCUT2D eigenvalue weighted by Crippen LogP contribution is -2.06. The standard InChI is InChI=1S/C10H10F2O.2C2H6/c1-7(13)8-3-5-9(6-4-8)10(2,11)12;2*1-2/h3-6H,1-2H3;2*1-2H3. The Bertz CT molecular complexity index is 310. The third-order valence-corrected chi connectivity index (χ3v) is 1.80. The molecule has 17 heavy (non-hydrogen) atoms. The summed E-state index contributed by atoms with van der Waals surface area (Å²) in [5.41, 5.74) is 0.380. The van der Waals surface area contributed by atoms with E-state index in [1.807, 2.05) is 27.7 Å². The van der Waals surface area contributed by atoms with Gasteiger partial charge in [0.25, 0.3) is 5.92 Å². The van der Waals surface area contributed by atoms with Crippen LogP contribution in [0, 0.1) is 0 Å². The van der Waals surface area contributed by atoms with Crippen molar-refractivity contribution < 1.29 is 13.6 Å². The zero-order valence-electron chi connectivity index (χ0n) is 11.5. The molecule has 0 saturated carbocycles. The molecule has 1 aromatic carbocycles. The predicted molar refractivity (Wildman–Crippen MR) is 68.7 cm³/mol. The van der Waals surface area contributed by atoms with Crippen LogP contribution >= 0.6 is 0 Å². The maximum absolute atomic E-state index is 12.7. The van der Waals surface area contributed by atoms with Gasteiger partial charge < -0.3 is 0 Å². The number of carbonyl (C=O) groups excluding carboxylic acids is 1. The van der Waals surface area contributed by atoms with Crippen molar-refractivity contribution in [2.45, 2.75) is 47.5 Å². The summed E-state index contributed by atoms with van der Waals surface area (Å²) in [5, 5.41) is 0. The normalized spacial score (nSPS) is 9.41. The van der Waals surface area contributed by atoms with Crippen LogP contribution in [0.15, 0.2) is 24.3 Å². The molecule has 0 bridgehead atoms. The van der Waals surface area contributed by atoms with Crippen LogP contribution in [-0.4, -0.2) is 5.78 Å². The molecule has 0 aliphatic rings. The molecule has 0 aliphatic carbocycles. The van der Waals surface area contributed by atoms with Crippen molar-refractivity contribution >= 4 is 5.78 Å². The van der Waals surface area contributed by atoms with Gasteiger partial charge in [-0.2, -0.15) is 0 Å². The minimum atomic E-state index is -2.84. The predicted octanol–water partition coefficient (Wildman–Crippen LogP) is 5.05. The van der Waals surface area contributed by atoms with E-state index in [-0.39, 0.29) is 11.3 Å². The van der Waals surface area contributed by atoms with Crippen LogP contribution in [0.2, 0.25) is 0 Å². The van der Waals surface area contributed by atoms with E-state index < -0.39 is 5.92 Å². The van der Waals surface area contributed by atoms with E-state index in [2.05, 4.69) is 0 Å². The minimum Gasteiger partial charge on any atom is -0.295 e. The number of hydrogen-bond donors (Lipinski definition) is 0. The molecule has 1 rings (SSSR count). The van der Waals surface area contributed by atoms with Gasteiger partial charge in [0.1, 0.15) is 0 Å². The van der Waals surface area contributed by atoms with E-state index in [4.69, 9.17) is 0 Å². The molecule has 3 heteroatoms. The number of Topliss-reactive ketones (excluding diaryl/α,β-unsaturated/α-hetero) is 1. The van der Waals surface area contributed by atoms with E-state index in [0.717, 1.165) is 6.92 Å². The summed E-state index contributed by atoms with van der Waals surface area (Å²) < 4.78 is 25.4. The molecule has 0 amide bonds. The second-order valence-corrected chi connectivity index (χ2v) is 3.02. The number of hydrogen-bond acceptors (Lipinski definition) is 1. The summed E-state index contributed by atoms with van der Waals surface area (Å²) >= 11 is 0. The first-order chi connectivity index (χ1) is 7.91. The molecule has 0 aliphatic heterocycles. The molecule has 0 saturated heterocycles. The van der Waals surface area contributed by atoms with Crippen LogP contribution in [0.5, 0.6) is 0 Å². The lowest BCUT2D eigenvalue weighted by molar-refractivity contribution is 0.0174. The fourth-order valence-electron chi connectivity index (χ4n) is 0.998. The van der Waals surface area contributed by atoms with Gasteiger partial charge in [-0.3, -0.25) is 4.79 Å². The molecule has 0 unspecified atom stereocenters. The summed E-state index contributed by atoms with van der Waals surface area (Å²) in [4.78, 5) is 10.8. The number of ketones is 1. The lowest BCUT2D eigenvalue weighted by atomic mass is 10.1. The van der Waals surface area contributed by atoms with Crippen LogP contribution in [0.3, 0.4) is 0 Å². The van der Waals surface area contributed by atoms with Crippen LogP contribution in [0.25, 0.3) is 0 Å². The number of alkyl halides is 2. The van der Waals surface area contributed by atoms with Gasteiger partial charge in [0.15, 0.2) is 5.78 Å². The Balaban J connectivity index is 0. The van der Waals surface area contributed by atoms with Crippen LogP contribution in [0.4, 0.5) is 8.78 Å². The molecule has 0 aromatic heterocycles. The maximum atomic E-state index is 12.7. The highest BCUT2D eigenvalue weighted by atomic mass is 19.3. The Morgan fingerprint density at radius 3 is 1.59 bits per heavy atom. The highest BCUT2D eigenvalue weighted by Gasteiger charge is 2.23. The van der Waals surface area contributed by atoms with Crippen molar-refractivity contribution in [2.24, 2.45) is 0 Å². The molecule has 0 atom stereocenters. The van der Waals surface area contributed by atoms with Crippen molar-refractivity contribution in [2.75, 3.05) is 0 Å². The largest absolute Gasteiger partial charge is 0.295 e. The van der Waals surface area contributed by atoms with E-state index >= 15 is 0 Å². The number of rotatable bonds is 2. The fraction of sp³-hybridized carbons (Fsp3) is 0.500. The first kappa shape index (κ1) is 18.1. The Morgan fingerprint density at radius 2 is 1.35 bits per heavy atom. The average Bonchev–Trinajstić information content (AvgIpc) is 2.33. The van der Waals surface area contributed by atoms with Gasteiger partial charge in [0.2, 0.25) is 0 Å². The lowest BCUT2D eigenvalue weighted by Gasteiger charge is -2.09. The summed E-state index contributed by atoms with van der Waals surface area (Å²) in [7, 11) is 0. The first-order valence-electron chi connectivity index (χ1n) is 5.90. The summed E-state index contributed by atoms with van der Waals surface area (Å²) in [6.07, 6.45) is 0. The smallest absolute Gasteiger partial charge is 0.270 e. The summed E-state index contributed by atoms with van der Waals surface area (Å²) in [5.74, 6) is -2.96. The van der Waals surface area contributed by atoms with Gasteiger partial charge in [0.05, 0.1) is 0 Å². The van der Waals surface area contributed by atoms with E-state index in [1.165, 1.54) is 31.2 Å². The molecule has 0 fully saturated rings. The second kappa shape index (κ2) is 8.85. The Morgan fingerprint density at radius 1 is 1.00 bits per heavy atom. The van der Waals surface area contributed by atoms with Crippen molar-refractivity contribution in [3.8, 4) is 0 Å². The van der Waals surface area contributed by atoms with Gasteiger partial charge in [-0.15, -0.1) is 0 Å². The molecule has 98 valence electrons. The summed E-state index contributed by atoms with van der Waals surface area (Å²) in [6.45, 7) is 10.2. The van der Waals surface area contributed by atoms with Gasteiger partial charge in [0, 0.05) is 18.1 Å². The third kappa shape index (κ3) is 6.82. The zero-order chi connectivity index (χ0) is 14.1. The molecule has 0 radical (unpaired) electrons. The van der Waals surface area contributed by atoms with Crippen molar-refractivity contribution in [1.29, 1.82) is 0 Å². The number of carbonyl (C=O) groups is 1. The molecule has 0 N–H and O–H groups in total. The monoisotopic (exact) mass is 244 g/mol. The van der Waals surface area contributed by atoms with Gasteiger partial charge >= 0.3 is 0 Å². The van der Waals surface area contributed by atoms with Crippen LogP contribution in [-0.2, 0) is 5.92 Å². The van der Waals surface area contributed by atoms with Crippen LogP contribution < -0.4 is 0 Å². The quantitative estimate of drug-likeness (QED) is 0.665. The highest BCUT2D eigenvalue weighted by Crippen LogP contribution is 2.26. The van der Waals surface area contributed by atoms with E-state index in [9.17, 15) is 13.6 Å². The van der Waals surface area contributed by atoms with Crippen LogP contribution in [0.1, 0.15) is 57.5 Å². The second-order valence-electron chi connectivity index (χ2n) is 3.02. The van der Waals surface area contributed by atoms with Gasteiger partial charge in [-0.25, -0.2) is 8.78 Å². The number of benzene rings is 1. The average molecular weight is 244 g/mol. The molecule has 1 nitrogen and oxygen atoms in total. The fourth-order valence-corrected chi connectivity index (χ4v) is 0.998. The Kier molecular flexibility index (Phi) is 9.44. The van der Waals surface area contributed by atoms with Crippen molar-refractivity contribution in [3.05, 3.63) is 35.4 Å². The van der Waals surface area contributed by atoms with Crippen molar-refractivity contribution in [3.63, 3.8) is 0 Å². The SMILES string of the molecule is CC.CC.CC(=O)c1ccc(C(C)(F)F)cc1. The third-order valence-electron chi connectivity index (χ3n) is 1.80. The Labute approximate surface area is 103 Å². The maximum Gasteiger partial charge on any atom is 0.270 e. The van der Waals surface area contributed by atoms with Gasteiger partial charge in [-0.05, 0) is 6.92 Å². The van der Waals surface area contributed by atoms with Crippen molar-refractivity contribution in [1.82, 2.24) is 0 Å². The molecular weight excluding hydrogens is 222 g/mol. The molecular formula is C14H22F2O. The summed E-state index contributed by atoms with van der Waals surface area (Å²) in [6, 6.07) is 5.37. The highest BCUT2D eigenvalue weighted by molar-refractivity contribution is 5.94. The zero-order valence-corrected chi connectivity index (χ0v) is 11.5. The van der Waals surface area contributed by atoms with E-state index in [1.54, 1.807) is 0 Å². The first-order valence-corrected chi connectivity index (χ1v) is 5.90. The molecule has 0 heterocycles. The van der Waals surface area contributed by atoms with Gasteiger partial charge in [-0.1, -0.05) is 52.0 Å².